The summed E-state index contributed by atoms with van der Waals surface area (Å²) in [6.45, 7) is 0.876. The summed E-state index contributed by atoms with van der Waals surface area (Å²) in [5, 5.41) is 20.9. The van der Waals surface area contributed by atoms with Crippen LogP contribution in [0.2, 0.25) is 0 Å². The molecule has 3 fully saturated rings. The summed E-state index contributed by atoms with van der Waals surface area (Å²) < 4.78 is 0. The van der Waals surface area contributed by atoms with Crippen LogP contribution in [-0.2, 0) is 36.9 Å². The molecule has 6 amide bonds. The van der Waals surface area contributed by atoms with Gasteiger partial charge >= 0.3 is 6.03 Å². The molecule has 0 bridgehead atoms. The topological polar surface area (TPSA) is 212 Å². The second-order valence-corrected chi connectivity index (χ2v) is 14.0. The summed E-state index contributed by atoms with van der Waals surface area (Å²) in [4.78, 5) is 79.6. The van der Waals surface area contributed by atoms with Crippen LogP contribution in [0.15, 0.2) is 42.9 Å². The summed E-state index contributed by atoms with van der Waals surface area (Å²) in [7, 11) is 0. The number of aromatic amines is 1. The molecule has 1 aromatic heterocycles. The lowest BCUT2D eigenvalue weighted by Gasteiger charge is -2.33. The van der Waals surface area contributed by atoms with Gasteiger partial charge in [0.25, 0.3) is 11.8 Å². The smallest absolute Gasteiger partial charge is 0.318 e. The highest BCUT2D eigenvalue weighted by Crippen LogP contribution is 2.28. The second-order valence-electron chi connectivity index (χ2n) is 14.0. The molecular formula is C36H52N8O7. The van der Waals surface area contributed by atoms with Crippen LogP contribution in [0, 0.1) is 5.92 Å². The predicted octanol–water partition coefficient (Wildman–Crippen LogP) is 1.47. The van der Waals surface area contributed by atoms with Gasteiger partial charge in [-0.2, -0.15) is 5.06 Å². The largest absolute Gasteiger partial charge is 0.391 e. The van der Waals surface area contributed by atoms with Crippen molar-refractivity contribution in [1.82, 2.24) is 35.9 Å². The van der Waals surface area contributed by atoms with Gasteiger partial charge in [-0.05, 0) is 30.7 Å². The lowest BCUT2D eigenvalue weighted by Crippen LogP contribution is -2.59. The first kappa shape index (κ1) is 37.9. The zero-order valence-electron chi connectivity index (χ0n) is 29.1. The van der Waals surface area contributed by atoms with Crippen molar-refractivity contribution in [1.29, 1.82) is 0 Å². The normalized spacial score (nSPS) is 19.7. The van der Waals surface area contributed by atoms with E-state index in [9.17, 15) is 29.1 Å². The number of hydroxylamine groups is 2. The molecule has 1 aliphatic carbocycles. The minimum absolute atomic E-state index is 0.0326. The van der Waals surface area contributed by atoms with Gasteiger partial charge in [0.1, 0.15) is 12.1 Å². The number of nitrogens with two attached hydrogens (primary N) is 1. The van der Waals surface area contributed by atoms with Gasteiger partial charge in [0.2, 0.25) is 11.8 Å². The van der Waals surface area contributed by atoms with E-state index in [1.54, 1.807) is 11.1 Å². The number of rotatable bonds is 16. The lowest BCUT2D eigenvalue weighted by molar-refractivity contribution is -0.189. The fourth-order valence-electron chi connectivity index (χ4n) is 7.04. The third-order valence-corrected chi connectivity index (χ3v) is 10.1. The first-order chi connectivity index (χ1) is 24.7. The number of imidazole rings is 1. The van der Waals surface area contributed by atoms with Gasteiger partial charge in [-0.3, -0.25) is 24.0 Å². The second kappa shape index (κ2) is 18.8. The first-order valence-corrected chi connectivity index (χ1v) is 18.3. The first-order valence-electron chi connectivity index (χ1n) is 18.3. The number of carbonyl (C=O) groups excluding carboxylic acids is 5. The Hall–Kier alpha value is -4.34. The van der Waals surface area contributed by atoms with E-state index in [0.29, 0.717) is 38.0 Å². The molecule has 3 heterocycles. The number of piperidine rings is 1. The number of nitrogens with zero attached hydrogens (tertiary/aromatic N) is 3. The number of benzene rings is 1. The summed E-state index contributed by atoms with van der Waals surface area (Å²) in [6, 6.07) is 6.24. The third-order valence-electron chi connectivity index (χ3n) is 10.1. The van der Waals surface area contributed by atoms with Crippen LogP contribution >= 0.6 is 0 Å². The molecule has 1 saturated carbocycles. The molecule has 4 atom stereocenters. The van der Waals surface area contributed by atoms with E-state index in [1.807, 2.05) is 30.3 Å². The Morgan fingerprint density at radius 1 is 0.922 bits per heavy atom. The number of hydrogen-bond donors (Lipinski definition) is 6. The molecule has 0 unspecified atom stereocenters. The molecule has 0 spiro atoms. The zero-order chi connectivity index (χ0) is 36.2. The fraction of sp³-hybridized carbons (Fsp3) is 0.611. The Labute approximate surface area is 298 Å². The highest BCUT2D eigenvalue weighted by Gasteiger charge is 2.34. The molecule has 0 radical (unpaired) electrons. The predicted molar refractivity (Wildman–Crippen MR) is 186 cm³/mol. The van der Waals surface area contributed by atoms with Crippen molar-refractivity contribution in [2.24, 2.45) is 11.7 Å². The van der Waals surface area contributed by atoms with E-state index >= 15 is 0 Å². The number of aliphatic hydroxyl groups excluding tert-OH is 1. The Balaban J connectivity index is 1.30. The van der Waals surface area contributed by atoms with Crippen LogP contribution in [0.25, 0.3) is 0 Å². The standard InChI is InChI=1S/C36H52N8O7/c37-26-13-16-43(17-14-26)36(50)42-29(20-25-9-5-2-6-10-25)34(48)41-30(21-27-22-38-23-39-27)35(49)40-28(19-24-7-3-1-4-8-24)31(45)15-18-51-44-32(46)11-12-33(44)47/h2,5-6,9-10,22-24,26,28-31,45H,1,3-4,7-8,11-21,37H2,(H,38,39)(H,40,49)(H,41,48)(H,42,50)/t28-,29-,30-,31-/m0/s1. The number of carbonyl (C=O) groups is 5. The molecule has 7 N–H and O–H groups in total. The maximum Gasteiger partial charge on any atom is 0.318 e. The van der Waals surface area contributed by atoms with Gasteiger partial charge in [0.15, 0.2) is 0 Å². The Morgan fingerprint density at radius 2 is 1.59 bits per heavy atom. The molecule has 2 aliphatic heterocycles. The van der Waals surface area contributed by atoms with E-state index in [2.05, 4.69) is 25.9 Å². The highest BCUT2D eigenvalue weighted by molar-refractivity contribution is 6.00. The van der Waals surface area contributed by atoms with Crippen molar-refractivity contribution < 1.29 is 33.9 Å². The number of H-pyrrole nitrogens is 1. The highest BCUT2D eigenvalue weighted by atomic mass is 16.7. The van der Waals surface area contributed by atoms with E-state index in [4.69, 9.17) is 10.6 Å². The average molecular weight is 709 g/mol. The molecular weight excluding hydrogens is 656 g/mol. The van der Waals surface area contributed by atoms with Gasteiger partial charge in [-0.15, -0.1) is 0 Å². The van der Waals surface area contributed by atoms with E-state index in [0.717, 1.165) is 42.7 Å². The van der Waals surface area contributed by atoms with Crippen molar-refractivity contribution >= 4 is 29.7 Å². The lowest BCUT2D eigenvalue weighted by atomic mass is 9.83. The number of imide groups is 1. The molecule has 1 aromatic carbocycles. The minimum Gasteiger partial charge on any atom is -0.391 e. The summed E-state index contributed by atoms with van der Waals surface area (Å²) >= 11 is 0. The van der Waals surface area contributed by atoms with Crippen molar-refractivity contribution in [2.45, 2.75) is 114 Å². The fourth-order valence-corrected chi connectivity index (χ4v) is 7.04. The van der Waals surface area contributed by atoms with Gasteiger partial charge in [0.05, 0.1) is 30.8 Å². The Morgan fingerprint density at radius 3 is 2.25 bits per heavy atom. The number of aromatic nitrogens is 2. The van der Waals surface area contributed by atoms with E-state index in [1.165, 1.54) is 6.33 Å². The van der Waals surface area contributed by atoms with Crippen LogP contribution in [0.3, 0.4) is 0 Å². The van der Waals surface area contributed by atoms with Gasteiger partial charge in [-0.1, -0.05) is 62.4 Å². The van der Waals surface area contributed by atoms with Crippen molar-refractivity contribution in [2.75, 3.05) is 19.7 Å². The maximum absolute atomic E-state index is 14.1. The number of amides is 6. The molecule has 51 heavy (non-hydrogen) atoms. The van der Waals surface area contributed by atoms with Crippen LogP contribution in [0.4, 0.5) is 4.79 Å². The molecule has 2 aromatic rings. The van der Waals surface area contributed by atoms with Crippen LogP contribution in [0.5, 0.6) is 0 Å². The SMILES string of the molecule is NC1CCN(C(=O)N[C@@H](Cc2ccccc2)C(=O)N[C@@H](Cc2c[nH]cn2)C(=O)N[C@@H](CC2CCCCC2)[C@@H](O)CCON2C(=O)CCC2=O)CC1. The van der Waals surface area contributed by atoms with Crippen molar-refractivity contribution in [3.8, 4) is 0 Å². The van der Waals surface area contributed by atoms with Gasteiger partial charge in [0, 0.05) is 57.4 Å². The van der Waals surface area contributed by atoms with Gasteiger partial charge in [-0.25, -0.2) is 9.78 Å². The quantitative estimate of drug-likeness (QED) is 0.139. The maximum atomic E-state index is 14.1. The number of urea groups is 1. The van der Waals surface area contributed by atoms with Crippen molar-refractivity contribution in [3.63, 3.8) is 0 Å². The monoisotopic (exact) mass is 708 g/mol. The number of aliphatic hydroxyl groups is 1. The number of likely N-dealkylation sites (tertiary alicyclic amines) is 1. The molecule has 15 heteroatoms. The molecule has 5 rings (SSSR count). The zero-order valence-corrected chi connectivity index (χ0v) is 29.1. The average Bonchev–Trinajstić information content (AvgIpc) is 3.77. The molecule has 15 nitrogen and oxygen atoms in total. The minimum atomic E-state index is -1.08. The summed E-state index contributed by atoms with van der Waals surface area (Å²) in [6.07, 6.45) is 9.69. The Bertz CT molecular complexity index is 1430. The molecule has 278 valence electrons. The van der Waals surface area contributed by atoms with Crippen LogP contribution < -0.4 is 21.7 Å². The third kappa shape index (κ3) is 11.3. The molecule has 2 saturated heterocycles. The summed E-state index contributed by atoms with van der Waals surface area (Å²) in [5.74, 6) is -1.59. The molecule has 3 aliphatic rings. The number of hydrogen-bond acceptors (Lipinski definition) is 9. The van der Waals surface area contributed by atoms with E-state index < -0.39 is 47.9 Å². The van der Waals surface area contributed by atoms with Crippen molar-refractivity contribution in [3.05, 3.63) is 54.1 Å². The Kier molecular flexibility index (Phi) is 13.9. The van der Waals surface area contributed by atoms with E-state index in [-0.39, 0.29) is 56.7 Å². The van der Waals surface area contributed by atoms with Crippen LogP contribution in [0.1, 0.15) is 81.9 Å². The summed E-state index contributed by atoms with van der Waals surface area (Å²) in [5.41, 5.74) is 7.41. The van der Waals surface area contributed by atoms with Gasteiger partial charge < -0.3 is 36.7 Å². The van der Waals surface area contributed by atoms with Crippen LogP contribution in [-0.4, -0.2) is 105 Å². The number of nitrogens with one attached hydrogen (secondary N) is 4.